The lowest BCUT2D eigenvalue weighted by Gasteiger charge is -2.73. The molecule has 3 saturated heterocycles. The average molecular weight is 961 g/mol. The van der Waals surface area contributed by atoms with Crippen LogP contribution in [0, 0.1) is 50.2 Å². The number of aliphatic hydroxyl groups excluding tert-OH is 13. The third kappa shape index (κ3) is 8.14. The maximum Gasteiger partial charge on any atom is 0.187 e. The Morgan fingerprint density at radius 3 is 1.63 bits per heavy atom. The van der Waals surface area contributed by atoms with Crippen molar-refractivity contribution >= 4 is 0 Å². The van der Waals surface area contributed by atoms with Gasteiger partial charge in [0.2, 0.25) is 0 Å². The fraction of sp³-hybridized carbons (Fsp3) is 0.958. The molecule has 13 N–H and O–H groups in total. The zero-order valence-corrected chi connectivity index (χ0v) is 40.0. The summed E-state index contributed by atoms with van der Waals surface area (Å²) in [5, 5.41) is 141. The molecule has 5 aliphatic carbocycles. The molecule has 386 valence electrons. The predicted molar refractivity (Wildman–Crippen MR) is 233 cm³/mol. The van der Waals surface area contributed by atoms with Gasteiger partial charge in [0.05, 0.1) is 44.7 Å². The van der Waals surface area contributed by atoms with Crippen LogP contribution in [-0.4, -0.2) is 203 Å². The van der Waals surface area contributed by atoms with Gasteiger partial charge < -0.3 is 94.8 Å². The molecule has 3 heterocycles. The molecule has 8 rings (SSSR count). The lowest BCUT2D eigenvalue weighted by atomic mass is 9.33. The number of rotatable bonds is 10. The summed E-state index contributed by atoms with van der Waals surface area (Å²) >= 11 is 0. The Balaban J connectivity index is 1.11. The molecule has 8 aliphatic rings. The molecule has 19 nitrogen and oxygen atoms in total. The van der Waals surface area contributed by atoms with Gasteiger partial charge in [0.15, 0.2) is 18.9 Å². The van der Waals surface area contributed by atoms with Crippen molar-refractivity contribution < 1.29 is 94.8 Å². The van der Waals surface area contributed by atoms with E-state index in [0.29, 0.717) is 32.1 Å². The van der Waals surface area contributed by atoms with E-state index in [-0.39, 0.29) is 17.3 Å². The van der Waals surface area contributed by atoms with Crippen LogP contribution in [0.15, 0.2) is 11.6 Å². The van der Waals surface area contributed by atoms with Crippen LogP contribution in [0.4, 0.5) is 0 Å². The Kier molecular flexibility index (Phi) is 14.4. The van der Waals surface area contributed by atoms with Gasteiger partial charge in [-0.3, -0.25) is 0 Å². The third-order valence-electron chi connectivity index (χ3n) is 19.5. The topological polar surface area (TPSA) is 318 Å². The van der Waals surface area contributed by atoms with Gasteiger partial charge in [-0.2, -0.15) is 0 Å². The van der Waals surface area contributed by atoms with Crippen LogP contribution in [0.1, 0.15) is 99.8 Å². The van der Waals surface area contributed by atoms with E-state index in [2.05, 4.69) is 47.6 Å². The fourth-order valence-electron chi connectivity index (χ4n) is 15.3. The summed E-state index contributed by atoms with van der Waals surface area (Å²) in [5.74, 6) is -0.532. The first-order valence-corrected chi connectivity index (χ1v) is 24.5. The second-order valence-electron chi connectivity index (χ2n) is 23.7. The lowest BCUT2D eigenvalue weighted by Crippen LogP contribution is -2.71. The van der Waals surface area contributed by atoms with Crippen molar-refractivity contribution in [2.45, 2.75) is 210 Å². The largest absolute Gasteiger partial charge is 0.396 e. The molecule has 26 atom stereocenters. The number of allylic oxidation sites excluding steroid dienone is 2. The van der Waals surface area contributed by atoms with Crippen molar-refractivity contribution in [3.63, 3.8) is 0 Å². The summed E-state index contributed by atoms with van der Waals surface area (Å²) in [4.78, 5) is 0. The Bertz CT molecular complexity index is 1790. The second-order valence-corrected chi connectivity index (χ2v) is 23.7. The van der Waals surface area contributed by atoms with Crippen molar-refractivity contribution in [1.29, 1.82) is 0 Å². The minimum absolute atomic E-state index is 0.00540. The Labute approximate surface area is 392 Å². The average Bonchev–Trinajstić information content (AvgIpc) is 3.27. The second kappa shape index (κ2) is 18.5. The standard InChI is InChI=1S/C48H80O19/c1-43(2)12-13-44(3)22(14-43)21-8-9-27-45(4)11-10-28(65-42-38(35(59)32(56)26(19-51)64-42)67-41-37(61)34(58)31(55)25(18-50)63-41)46(5,20-52)39(45)23(53)15-48(27,7)47(21,6)16-29(44)66-40-36(60)33(57)30(54)24(17-49)62-40/h8,22-42,49-61H,9-20H2,1-7H3/t22-,23-,24-,25-,26-,27-,28+,29+,30-,31+,32-,33+,34+,35+,36-,37-,38-,39-,40+,41+,42+,44+,45-,46-,47-,48-/m1/s1. The molecule has 0 aromatic rings. The Morgan fingerprint density at radius 2 is 1.07 bits per heavy atom. The highest BCUT2D eigenvalue weighted by atomic mass is 16.8. The van der Waals surface area contributed by atoms with Crippen LogP contribution in [0.2, 0.25) is 0 Å². The van der Waals surface area contributed by atoms with E-state index in [9.17, 15) is 66.4 Å². The number of hydrogen-bond donors (Lipinski definition) is 13. The number of ether oxygens (including phenoxy) is 6. The van der Waals surface area contributed by atoms with Gasteiger partial charge >= 0.3 is 0 Å². The van der Waals surface area contributed by atoms with Crippen molar-refractivity contribution in [2.24, 2.45) is 50.2 Å². The minimum atomic E-state index is -1.85. The molecule has 19 heteroatoms. The Morgan fingerprint density at radius 1 is 0.552 bits per heavy atom. The van der Waals surface area contributed by atoms with Gasteiger partial charge in [0.1, 0.15) is 73.2 Å². The van der Waals surface area contributed by atoms with Gasteiger partial charge in [-0.25, -0.2) is 0 Å². The summed E-state index contributed by atoms with van der Waals surface area (Å²) in [6, 6.07) is 0. The summed E-state index contributed by atoms with van der Waals surface area (Å²) < 4.78 is 37.1. The first-order valence-electron chi connectivity index (χ1n) is 24.5. The van der Waals surface area contributed by atoms with E-state index >= 15 is 0 Å². The molecule has 0 radical (unpaired) electrons. The van der Waals surface area contributed by atoms with E-state index in [4.69, 9.17) is 28.4 Å². The molecule has 4 saturated carbocycles. The van der Waals surface area contributed by atoms with Crippen molar-refractivity contribution in [2.75, 3.05) is 26.4 Å². The van der Waals surface area contributed by atoms with Crippen LogP contribution in [-0.2, 0) is 28.4 Å². The first-order chi connectivity index (χ1) is 31.3. The summed E-state index contributed by atoms with van der Waals surface area (Å²) in [7, 11) is 0. The van der Waals surface area contributed by atoms with Crippen molar-refractivity contribution in [3.8, 4) is 0 Å². The maximum absolute atomic E-state index is 12.8. The molecule has 0 spiro atoms. The number of aliphatic hydroxyl groups is 13. The molecular formula is C48H80O19. The highest BCUT2D eigenvalue weighted by molar-refractivity contribution is 5.35. The van der Waals surface area contributed by atoms with Gasteiger partial charge in [0.25, 0.3) is 0 Å². The first kappa shape index (κ1) is 52.3. The minimum Gasteiger partial charge on any atom is -0.396 e. The van der Waals surface area contributed by atoms with Crippen LogP contribution in [0.3, 0.4) is 0 Å². The molecule has 0 bridgehead atoms. The van der Waals surface area contributed by atoms with E-state index < -0.39 is 170 Å². The molecule has 0 amide bonds. The SMILES string of the molecule is CC1(C)CC[C@]2(C)[C@@H](O[C@@H]3O[C@H](CO)[C@@H](O)[C@H](O)[C@H]3O)C[C@]3(C)C(=CC[C@@H]4[C@@]5(C)CC[C@H](O[C@@H]6O[C@H](CO)[C@@H](O)[C@H](O)[C@H]6O[C@@H]6O[C@H](CO)[C@H](O)[C@H](O)[C@H]6O)[C@@](C)(CO)[C@@H]5[C@H](O)C[C@]43C)[C@H]2C1. The van der Waals surface area contributed by atoms with E-state index in [1.165, 1.54) is 5.57 Å². The molecule has 7 fully saturated rings. The van der Waals surface area contributed by atoms with Gasteiger partial charge in [0, 0.05) is 16.7 Å². The molecule has 0 aromatic heterocycles. The quantitative estimate of drug-likeness (QED) is 0.0881. The predicted octanol–water partition coefficient (Wildman–Crippen LogP) is -1.44. The zero-order valence-electron chi connectivity index (χ0n) is 40.0. The van der Waals surface area contributed by atoms with E-state index in [1.54, 1.807) is 0 Å². The summed E-state index contributed by atoms with van der Waals surface area (Å²) in [6.07, 6.45) is -18.4. The van der Waals surface area contributed by atoms with Crippen LogP contribution >= 0.6 is 0 Å². The Hall–Kier alpha value is -1.02. The van der Waals surface area contributed by atoms with Crippen LogP contribution in [0.25, 0.3) is 0 Å². The molecule has 3 aliphatic heterocycles. The van der Waals surface area contributed by atoms with Crippen molar-refractivity contribution in [3.05, 3.63) is 11.6 Å². The monoisotopic (exact) mass is 961 g/mol. The summed E-state index contributed by atoms with van der Waals surface area (Å²) in [5.41, 5.74) is -1.94. The van der Waals surface area contributed by atoms with Gasteiger partial charge in [-0.15, -0.1) is 0 Å². The summed E-state index contributed by atoms with van der Waals surface area (Å²) in [6.45, 7) is 12.9. The lowest BCUT2D eigenvalue weighted by molar-refractivity contribution is -0.380. The normalized spacial score (nSPS) is 56.5. The van der Waals surface area contributed by atoms with Crippen LogP contribution < -0.4 is 0 Å². The van der Waals surface area contributed by atoms with E-state index in [0.717, 1.165) is 19.3 Å². The molecular weight excluding hydrogens is 881 g/mol. The number of fused-ring (bicyclic) bond motifs is 7. The smallest absolute Gasteiger partial charge is 0.187 e. The molecule has 67 heavy (non-hydrogen) atoms. The van der Waals surface area contributed by atoms with Gasteiger partial charge in [-0.05, 0) is 84.9 Å². The zero-order chi connectivity index (χ0) is 49.1. The van der Waals surface area contributed by atoms with Crippen molar-refractivity contribution in [1.82, 2.24) is 0 Å². The highest BCUT2D eigenvalue weighted by Gasteiger charge is 2.72. The van der Waals surface area contributed by atoms with Gasteiger partial charge in [-0.1, -0.05) is 60.1 Å². The maximum atomic E-state index is 12.8. The highest BCUT2D eigenvalue weighted by Crippen LogP contribution is 2.76. The third-order valence-corrected chi connectivity index (χ3v) is 19.5. The molecule has 0 unspecified atom stereocenters. The van der Waals surface area contributed by atoms with Crippen LogP contribution in [0.5, 0.6) is 0 Å². The van der Waals surface area contributed by atoms with E-state index in [1.807, 2.05) is 6.92 Å². The fourth-order valence-corrected chi connectivity index (χ4v) is 15.3. The molecule has 0 aromatic carbocycles. The number of hydrogen-bond acceptors (Lipinski definition) is 19.